The van der Waals surface area contributed by atoms with Crippen molar-refractivity contribution in [2.75, 3.05) is 51.0 Å². The van der Waals surface area contributed by atoms with Crippen molar-refractivity contribution in [3.8, 4) is 0 Å². The number of nitrogens with two attached hydrogens (primary N) is 2. The highest BCUT2D eigenvalue weighted by Crippen LogP contribution is 2.32. The molecule has 2 amide bonds. The Morgan fingerprint density at radius 3 is 1.02 bits per heavy atom. The maximum Gasteiger partial charge on any atom is 0.303 e. The maximum absolute atomic E-state index is 12.3. The van der Waals surface area contributed by atoms with Crippen molar-refractivity contribution in [3.63, 3.8) is 0 Å². The number of carbonyl (C=O) groups is 10. The quantitative estimate of drug-likeness (QED) is 0.0285. The van der Waals surface area contributed by atoms with Gasteiger partial charge in [0.15, 0.2) is 49.2 Å². The van der Waals surface area contributed by atoms with Crippen LogP contribution < -0.4 is 22.1 Å². The van der Waals surface area contributed by atoms with Crippen molar-refractivity contribution in [2.45, 2.75) is 129 Å². The minimum atomic E-state index is -1.45. The molecule has 2 aliphatic heterocycles. The van der Waals surface area contributed by atoms with Gasteiger partial charge in [0, 0.05) is 80.0 Å². The lowest BCUT2D eigenvalue weighted by atomic mass is 9.98. The van der Waals surface area contributed by atoms with E-state index in [1.165, 1.54) is 21.6 Å². The van der Waals surface area contributed by atoms with Gasteiger partial charge in [0.2, 0.25) is 11.8 Å². The fourth-order valence-corrected chi connectivity index (χ4v) is 8.60. The molecule has 0 spiro atoms. The minimum absolute atomic E-state index is 0.0310. The Balaban J connectivity index is 2.02. The second-order valence-electron chi connectivity index (χ2n) is 14.3. The molecule has 6 N–H and O–H groups in total. The minimum Gasteiger partial charge on any atom is -0.463 e. The van der Waals surface area contributed by atoms with Crippen LogP contribution in [0.1, 0.15) is 55.4 Å². The molecule has 12 atom stereocenters. The van der Waals surface area contributed by atoms with E-state index in [4.69, 9.17) is 68.3 Å². The van der Waals surface area contributed by atoms with Gasteiger partial charge in [-0.25, -0.2) is 0 Å². The van der Waals surface area contributed by atoms with Gasteiger partial charge in [-0.1, -0.05) is 21.6 Å². The molecular weight excluding hydrogens is 929 g/mol. The number of carbonyl (C=O) groups excluding carboxylic acids is 10. The van der Waals surface area contributed by atoms with Crippen LogP contribution in [0.2, 0.25) is 0 Å². The number of hydrogen-bond donors (Lipinski definition) is 4. The summed E-state index contributed by atoms with van der Waals surface area (Å²) >= 11 is 0. The van der Waals surface area contributed by atoms with Gasteiger partial charge in [-0.3, -0.25) is 47.9 Å². The van der Waals surface area contributed by atoms with Crippen LogP contribution in [0.15, 0.2) is 0 Å². The van der Waals surface area contributed by atoms with Gasteiger partial charge in [-0.15, -0.1) is 0 Å². The van der Waals surface area contributed by atoms with Crippen molar-refractivity contribution < 1.29 is 105 Å². The molecular formula is C38H58N4O22S2. The van der Waals surface area contributed by atoms with E-state index < -0.39 is 146 Å². The summed E-state index contributed by atoms with van der Waals surface area (Å²) in [6.45, 7) is 7.36. The second kappa shape index (κ2) is 29.0. The molecule has 2 rings (SSSR count). The molecule has 374 valence electrons. The van der Waals surface area contributed by atoms with Gasteiger partial charge in [0.05, 0.1) is 25.3 Å². The van der Waals surface area contributed by atoms with Crippen LogP contribution in [0.25, 0.3) is 0 Å². The van der Waals surface area contributed by atoms with Crippen LogP contribution in [0.4, 0.5) is 0 Å². The first-order valence-electron chi connectivity index (χ1n) is 20.1. The first-order valence-corrected chi connectivity index (χ1v) is 22.6. The van der Waals surface area contributed by atoms with E-state index in [1.807, 2.05) is 0 Å². The smallest absolute Gasteiger partial charge is 0.303 e. The lowest BCUT2D eigenvalue weighted by molar-refractivity contribution is -0.307. The highest BCUT2D eigenvalue weighted by atomic mass is 33.1. The molecule has 2 fully saturated rings. The van der Waals surface area contributed by atoms with E-state index in [0.29, 0.717) is 0 Å². The molecule has 0 unspecified atom stereocenters. The monoisotopic (exact) mass is 986 g/mol. The van der Waals surface area contributed by atoms with Crippen LogP contribution in [0.3, 0.4) is 0 Å². The fraction of sp³-hybridized carbons (Fsp3) is 0.737. The normalized spacial score (nSPS) is 25.7. The van der Waals surface area contributed by atoms with E-state index in [1.54, 1.807) is 0 Å². The molecule has 0 aliphatic carbocycles. The summed E-state index contributed by atoms with van der Waals surface area (Å²) in [5.74, 6) is -7.55. The largest absolute Gasteiger partial charge is 0.463 e. The number of amides is 2. The van der Waals surface area contributed by atoms with Crippen molar-refractivity contribution in [1.82, 2.24) is 10.6 Å². The summed E-state index contributed by atoms with van der Waals surface area (Å²) in [7, 11) is 2.34. The first-order chi connectivity index (χ1) is 31.0. The Morgan fingerprint density at radius 2 is 0.742 bits per heavy atom. The zero-order valence-electron chi connectivity index (χ0n) is 37.5. The Morgan fingerprint density at radius 1 is 0.455 bits per heavy atom. The van der Waals surface area contributed by atoms with Crippen LogP contribution in [-0.4, -0.2) is 184 Å². The van der Waals surface area contributed by atoms with Crippen LogP contribution in [0.5, 0.6) is 0 Å². The van der Waals surface area contributed by atoms with Gasteiger partial charge in [-0.2, -0.15) is 0 Å². The number of hydrogen-bond acceptors (Lipinski definition) is 26. The third-order valence-electron chi connectivity index (χ3n) is 8.69. The number of esters is 8. The zero-order valence-corrected chi connectivity index (χ0v) is 39.2. The summed E-state index contributed by atoms with van der Waals surface area (Å²) in [6.07, 6.45) is -13.9. The second-order valence-corrected chi connectivity index (χ2v) is 16.8. The predicted octanol–water partition coefficient (Wildman–Crippen LogP) is -2.55. The average molecular weight is 987 g/mol. The predicted molar refractivity (Wildman–Crippen MR) is 223 cm³/mol. The van der Waals surface area contributed by atoms with Crippen LogP contribution in [-0.2, 0) is 105 Å². The standard InChI is InChI=1S/C38H58N4O22S2/c1-17(43)55-13-27-29(57-19(3)45)31(59-21(5)47)33(61-23(7)49)37(63-27)53-11-9-41-25(35(39)51)15-65-66-16-26(36(40)52)42-10-12-54-38-34(62-24(8)50)32(60-22(6)48)30(58-20(4)46)28(64-38)14-56-18(2)44/h25-34,37-38,41-42H,9-16H2,1-8H3,(H2,39,51)(H2,40,52)/t25-,26-,27+,28+,29+,30+,31-,32-,33-,34-,37-,38-/m0/s1. The third kappa shape index (κ3) is 20.8. The van der Waals surface area contributed by atoms with Gasteiger partial charge >= 0.3 is 47.8 Å². The fourth-order valence-electron chi connectivity index (χ4n) is 6.18. The Kier molecular flexibility index (Phi) is 25.2. The van der Waals surface area contributed by atoms with Gasteiger partial charge in [0.1, 0.15) is 25.4 Å². The molecule has 0 saturated carbocycles. The summed E-state index contributed by atoms with van der Waals surface area (Å²) < 4.78 is 65.7. The summed E-state index contributed by atoms with van der Waals surface area (Å²) in [6, 6.07) is -1.87. The SMILES string of the molecule is CC(=O)OC[C@H]1O[C@H](OCCN[C@@H](CSSC[C@H](NCCO[C@H]2O[C@H](COC(C)=O)[C@@H](OC(C)=O)[C@H](OC(C)=O)[C@@H]2OC(C)=O)C(N)=O)C(N)=O)[C@@H](OC(C)=O)[C@@H](OC(C)=O)[C@@H]1OC(C)=O. The Bertz CT molecular complexity index is 1590. The molecule has 28 heteroatoms. The lowest BCUT2D eigenvalue weighted by Gasteiger charge is -2.44. The average Bonchev–Trinajstić information content (AvgIpc) is 3.19. The lowest BCUT2D eigenvalue weighted by Crippen LogP contribution is -2.63. The third-order valence-corrected chi connectivity index (χ3v) is 11.1. The molecule has 0 bridgehead atoms. The van der Waals surface area contributed by atoms with Crippen LogP contribution in [0, 0.1) is 0 Å². The highest BCUT2D eigenvalue weighted by molar-refractivity contribution is 8.76. The molecule has 0 aromatic carbocycles. The van der Waals surface area contributed by atoms with Crippen LogP contribution >= 0.6 is 21.6 Å². The summed E-state index contributed by atoms with van der Waals surface area (Å²) in [5.41, 5.74) is 11.2. The van der Waals surface area contributed by atoms with E-state index in [0.717, 1.165) is 55.4 Å². The molecule has 2 saturated heterocycles. The van der Waals surface area contributed by atoms with E-state index in [2.05, 4.69) is 10.6 Å². The zero-order chi connectivity index (χ0) is 49.7. The highest BCUT2D eigenvalue weighted by Gasteiger charge is 2.54. The first kappa shape index (κ1) is 57.3. The number of primary amides is 2. The van der Waals surface area contributed by atoms with Crippen molar-refractivity contribution in [1.29, 1.82) is 0 Å². The van der Waals surface area contributed by atoms with Crippen molar-refractivity contribution in [3.05, 3.63) is 0 Å². The van der Waals surface area contributed by atoms with E-state index >= 15 is 0 Å². The maximum atomic E-state index is 12.3. The van der Waals surface area contributed by atoms with Gasteiger partial charge < -0.3 is 78.9 Å². The molecule has 2 aliphatic rings. The molecule has 0 aromatic heterocycles. The van der Waals surface area contributed by atoms with Crippen molar-refractivity contribution in [2.24, 2.45) is 11.5 Å². The van der Waals surface area contributed by atoms with E-state index in [-0.39, 0.29) is 37.8 Å². The van der Waals surface area contributed by atoms with Crippen molar-refractivity contribution >= 4 is 81.2 Å². The molecule has 2 heterocycles. The number of nitrogens with one attached hydrogen (secondary N) is 2. The van der Waals surface area contributed by atoms with Gasteiger partial charge in [-0.05, 0) is 0 Å². The molecule has 26 nitrogen and oxygen atoms in total. The summed E-state index contributed by atoms with van der Waals surface area (Å²) in [4.78, 5) is 120. The molecule has 0 radical (unpaired) electrons. The Hall–Kier alpha value is -4.84. The molecule has 66 heavy (non-hydrogen) atoms. The van der Waals surface area contributed by atoms with Gasteiger partial charge in [0.25, 0.3) is 0 Å². The number of ether oxygens (including phenoxy) is 12. The number of rotatable bonds is 27. The Labute approximate surface area is 387 Å². The molecule has 0 aromatic rings. The topological polar surface area (TPSA) is 358 Å². The summed E-state index contributed by atoms with van der Waals surface area (Å²) in [5, 5.41) is 5.84. The van der Waals surface area contributed by atoms with E-state index in [9.17, 15) is 47.9 Å².